The fraction of sp³-hybridized carbons (Fsp3) is 0.150. The molecule has 0 N–H and O–H groups in total. The van der Waals surface area contributed by atoms with Gasteiger partial charge in [0, 0.05) is 35.3 Å². The molecule has 10 aromatic rings. The van der Waals surface area contributed by atoms with Crippen molar-refractivity contribution in [2.24, 2.45) is 0 Å². The van der Waals surface area contributed by atoms with Crippen molar-refractivity contribution in [2.45, 2.75) is 59.3 Å². The molecule has 0 saturated carbocycles. The van der Waals surface area contributed by atoms with E-state index in [2.05, 4.69) is 218 Å². The molecule has 10 rings (SSSR count). The summed E-state index contributed by atoms with van der Waals surface area (Å²) in [6.07, 6.45) is 11.2. The monoisotopic (exact) mass is 1050 g/mol. The average molecular weight is 1050 g/mol. The summed E-state index contributed by atoms with van der Waals surface area (Å²) < 4.78 is 5.95. The molecule has 0 fully saturated rings. The van der Waals surface area contributed by atoms with E-state index in [4.69, 9.17) is 0 Å². The number of aromatic nitrogens is 6. The average Bonchev–Trinajstić information content (AvgIpc) is 4.16. The third-order valence-corrected chi connectivity index (χ3v) is 12.7. The first kappa shape index (κ1) is 45.0. The van der Waals surface area contributed by atoms with Crippen molar-refractivity contribution in [3.63, 3.8) is 0 Å². The Morgan fingerprint density at radius 2 is 0.627 bits per heavy atom. The first-order valence-corrected chi connectivity index (χ1v) is 22.9. The Balaban J connectivity index is 0.00000562. The van der Waals surface area contributed by atoms with Crippen LogP contribution in [0.5, 0.6) is 0 Å². The minimum atomic E-state index is 0. The van der Waals surface area contributed by atoms with Crippen LogP contribution in [0.4, 0.5) is 0 Å². The van der Waals surface area contributed by atoms with Gasteiger partial charge in [-0.3, -0.25) is 14.0 Å². The van der Waals surface area contributed by atoms with Crippen molar-refractivity contribution >= 4 is 0 Å². The molecule has 7 heteroatoms. The summed E-state index contributed by atoms with van der Waals surface area (Å²) in [7, 11) is 0. The molecule has 0 aliphatic heterocycles. The number of rotatable bonds is 15. The van der Waals surface area contributed by atoms with Gasteiger partial charge >= 0.3 is 20.1 Å². The third-order valence-electron chi connectivity index (χ3n) is 12.7. The summed E-state index contributed by atoms with van der Waals surface area (Å²) in [5, 5.41) is 14.0. The largest absolute Gasteiger partial charge is 3.00 e. The zero-order valence-corrected chi connectivity index (χ0v) is 40.5. The fourth-order valence-electron chi connectivity index (χ4n) is 9.03. The summed E-state index contributed by atoms with van der Waals surface area (Å²) in [6.45, 7) is 6.42. The number of nitrogens with zero attached hydrogens (tertiary/aromatic N) is 6. The quantitative estimate of drug-likeness (QED) is 0.0962. The molecule has 67 heavy (non-hydrogen) atoms. The van der Waals surface area contributed by atoms with Crippen LogP contribution < -0.4 is 0 Å². The molecule has 0 aliphatic carbocycles. The molecule has 0 spiro atoms. The molecule has 0 aliphatic rings. The van der Waals surface area contributed by atoms with Crippen LogP contribution in [0.3, 0.4) is 0 Å². The summed E-state index contributed by atoms with van der Waals surface area (Å²) in [5.41, 5.74) is 21.1. The summed E-state index contributed by atoms with van der Waals surface area (Å²) in [5.74, 6) is 0. The maximum atomic E-state index is 4.67. The SMILES string of the molecule is Cc1ccccc1-c1ccnn1-c1[c-]cc(CCc2cc(CCc3c[c-]c(-n4nccc4-c4ccccc4C)cc3)cc(CCc3c[c-]c(-n4nccc4-c4ccccc4C)cc3)c2)cc1.[Ir+3]. The molecular formula is C60H51IrN6. The number of hydrogen-bond acceptors (Lipinski definition) is 3. The van der Waals surface area contributed by atoms with Gasteiger partial charge in [0.2, 0.25) is 0 Å². The molecule has 6 nitrogen and oxygen atoms in total. The second-order valence-electron chi connectivity index (χ2n) is 17.2. The van der Waals surface area contributed by atoms with Crippen molar-refractivity contribution in [3.05, 3.63) is 251 Å². The van der Waals surface area contributed by atoms with Crippen LogP contribution in [-0.2, 0) is 58.6 Å². The van der Waals surface area contributed by atoms with Gasteiger partial charge in [-0.1, -0.05) is 110 Å². The van der Waals surface area contributed by atoms with E-state index in [1.807, 2.05) is 32.6 Å². The van der Waals surface area contributed by atoms with E-state index in [0.717, 1.165) is 72.7 Å². The summed E-state index contributed by atoms with van der Waals surface area (Å²) in [6, 6.07) is 68.9. The Kier molecular flexibility index (Phi) is 13.8. The second kappa shape index (κ2) is 20.6. The van der Waals surface area contributed by atoms with Crippen LogP contribution in [0, 0.1) is 39.0 Å². The molecule has 0 unspecified atom stereocenters. The minimum absolute atomic E-state index is 0. The topological polar surface area (TPSA) is 53.5 Å². The Morgan fingerprint density at radius 3 is 0.896 bits per heavy atom. The van der Waals surface area contributed by atoms with Crippen LogP contribution in [-0.4, -0.2) is 29.3 Å². The third kappa shape index (κ3) is 10.1. The fourth-order valence-corrected chi connectivity index (χ4v) is 9.03. The van der Waals surface area contributed by atoms with Gasteiger partial charge in [-0.05, 0) is 109 Å². The van der Waals surface area contributed by atoms with Crippen LogP contribution >= 0.6 is 0 Å². The van der Waals surface area contributed by atoms with Gasteiger partial charge in [0.25, 0.3) is 0 Å². The Bertz CT molecular complexity index is 2870. The molecule has 0 amide bonds. The van der Waals surface area contributed by atoms with Crippen LogP contribution in [0.2, 0.25) is 0 Å². The molecule has 3 aromatic heterocycles. The van der Waals surface area contributed by atoms with E-state index in [1.165, 1.54) is 66.8 Å². The molecule has 0 radical (unpaired) electrons. The van der Waals surface area contributed by atoms with Gasteiger partial charge in [0.05, 0.1) is 17.1 Å². The van der Waals surface area contributed by atoms with Crippen molar-refractivity contribution in [1.29, 1.82) is 0 Å². The first-order chi connectivity index (χ1) is 32.4. The standard InChI is InChI=1S/C60H51N6.Ir/c1-43-10-4-7-13-55(43)58-34-37-61-64(58)52-28-22-46(23-29-52)16-19-49-40-50(20-17-47-24-30-53(31-25-47)65-59(35-38-62-65)56-14-8-5-11-44(56)2)42-51(41-49)21-18-48-26-32-54(33-27-48)66-60(36-39-63-66)57-15-9-6-12-45(57)3;/h4-15,22-28,30,32,34-42H,16-21H2,1-3H3;/q-3;+3. The van der Waals surface area contributed by atoms with Crippen LogP contribution in [0.1, 0.15) is 50.1 Å². The molecular weight excluding hydrogens is 997 g/mol. The molecule has 0 atom stereocenters. The van der Waals surface area contributed by atoms with Gasteiger partial charge < -0.3 is 0 Å². The Labute approximate surface area is 408 Å². The van der Waals surface area contributed by atoms with E-state index >= 15 is 0 Å². The van der Waals surface area contributed by atoms with E-state index in [9.17, 15) is 0 Å². The Morgan fingerprint density at radius 1 is 0.343 bits per heavy atom. The van der Waals surface area contributed by atoms with Crippen molar-refractivity contribution < 1.29 is 20.1 Å². The van der Waals surface area contributed by atoms with E-state index in [-0.39, 0.29) is 20.1 Å². The van der Waals surface area contributed by atoms with E-state index in [1.54, 1.807) is 0 Å². The zero-order chi connectivity index (χ0) is 44.8. The van der Waals surface area contributed by atoms with Gasteiger partial charge in [0.15, 0.2) is 0 Å². The summed E-state index contributed by atoms with van der Waals surface area (Å²) in [4.78, 5) is 0. The predicted molar refractivity (Wildman–Crippen MR) is 266 cm³/mol. The number of aryl methyl sites for hydroxylation is 9. The Hall–Kier alpha value is -7.18. The molecule has 0 saturated heterocycles. The molecule has 7 aromatic carbocycles. The van der Waals surface area contributed by atoms with E-state index < -0.39 is 0 Å². The van der Waals surface area contributed by atoms with Gasteiger partial charge in [-0.15, -0.1) is 18.2 Å². The number of hydrogen-bond donors (Lipinski definition) is 0. The predicted octanol–water partition coefficient (Wildman–Crippen LogP) is 12.9. The molecule has 0 bridgehead atoms. The maximum absolute atomic E-state index is 4.67. The number of benzene rings is 7. The van der Waals surface area contributed by atoms with Gasteiger partial charge in [-0.2, -0.15) is 86.6 Å². The van der Waals surface area contributed by atoms with Crippen molar-refractivity contribution in [1.82, 2.24) is 29.3 Å². The van der Waals surface area contributed by atoms with Crippen molar-refractivity contribution in [3.8, 4) is 50.8 Å². The first-order valence-electron chi connectivity index (χ1n) is 22.9. The van der Waals surface area contributed by atoms with Crippen LogP contribution in [0.15, 0.2) is 182 Å². The second-order valence-corrected chi connectivity index (χ2v) is 17.2. The maximum Gasteiger partial charge on any atom is 3.00 e. The van der Waals surface area contributed by atoms with Gasteiger partial charge in [-0.25, -0.2) is 0 Å². The smallest absolute Gasteiger partial charge is 0.258 e. The van der Waals surface area contributed by atoms with Crippen LogP contribution in [0.25, 0.3) is 50.8 Å². The van der Waals surface area contributed by atoms with Crippen molar-refractivity contribution in [2.75, 3.05) is 0 Å². The van der Waals surface area contributed by atoms with Gasteiger partial charge in [0.1, 0.15) is 0 Å². The summed E-state index contributed by atoms with van der Waals surface area (Å²) >= 11 is 0. The normalized spacial score (nSPS) is 11.1. The molecule has 3 heterocycles. The van der Waals surface area contributed by atoms with E-state index in [0.29, 0.717) is 0 Å². The zero-order valence-electron chi connectivity index (χ0n) is 38.1. The molecule has 330 valence electrons. The minimum Gasteiger partial charge on any atom is -0.258 e.